The van der Waals surface area contributed by atoms with E-state index in [2.05, 4.69) is 9.97 Å². The van der Waals surface area contributed by atoms with Gasteiger partial charge in [0.05, 0.1) is 5.69 Å². The second-order valence-corrected chi connectivity index (χ2v) is 5.11. The number of rotatable bonds is 2. The molecule has 0 spiro atoms. The molecule has 0 bridgehead atoms. The van der Waals surface area contributed by atoms with Crippen LogP contribution in [0.4, 0.5) is 0 Å². The van der Waals surface area contributed by atoms with Gasteiger partial charge in [0.1, 0.15) is 0 Å². The summed E-state index contributed by atoms with van der Waals surface area (Å²) in [6.45, 7) is 1.54. The molecule has 3 nitrogen and oxygen atoms in total. The van der Waals surface area contributed by atoms with E-state index in [1.165, 1.54) is 30.0 Å². The first-order valence-corrected chi connectivity index (χ1v) is 5.99. The van der Waals surface area contributed by atoms with E-state index in [0.717, 1.165) is 15.6 Å². The minimum Gasteiger partial charge on any atom is -0.287 e. The highest BCUT2D eigenvalue weighted by Gasteiger charge is 2.06. The Morgan fingerprint density at radius 1 is 1.40 bits per heavy atom. The van der Waals surface area contributed by atoms with E-state index in [9.17, 15) is 4.79 Å². The molecule has 0 N–H and O–H groups in total. The van der Waals surface area contributed by atoms with Crippen LogP contribution in [-0.4, -0.2) is 15.1 Å². The van der Waals surface area contributed by atoms with Crippen LogP contribution in [0.3, 0.4) is 0 Å². The summed E-state index contributed by atoms with van der Waals surface area (Å²) < 4.78 is 0.786. The quantitative estimate of drug-likeness (QED) is 0.752. The maximum absolute atomic E-state index is 10.9. The zero-order valence-corrected chi connectivity index (χ0v) is 9.64. The van der Waals surface area contributed by atoms with Gasteiger partial charge in [-0.2, -0.15) is 0 Å². The van der Waals surface area contributed by atoms with Gasteiger partial charge in [-0.05, 0) is 23.9 Å². The van der Waals surface area contributed by atoms with Crippen molar-refractivity contribution in [2.24, 2.45) is 0 Å². The van der Waals surface area contributed by atoms with Gasteiger partial charge in [0.15, 0.2) is 9.45 Å². The molecule has 0 amide bonds. The lowest BCUT2D eigenvalue weighted by Crippen LogP contribution is -1.81. The van der Waals surface area contributed by atoms with E-state index >= 15 is 0 Å². The predicted octanol–water partition coefficient (Wildman–Crippen LogP) is 2.84. The summed E-state index contributed by atoms with van der Waals surface area (Å²) in [5.41, 5.74) is 1.92. The molecule has 5 heteroatoms. The number of nitrogens with zero attached hydrogens (tertiary/aromatic N) is 2. The van der Waals surface area contributed by atoms with Gasteiger partial charge in [0.25, 0.3) is 0 Å². The van der Waals surface area contributed by atoms with E-state index in [0.29, 0.717) is 0 Å². The molecule has 0 aliphatic heterocycles. The van der Waals surface area contributed by atoms with Crippen molar-refractivity contribution in [3.63, 3.8) is 0 Å². The fraction of sp³-hybridized carbons (Fsp3) is 0.100. The first-order valence-electron chi connectivity index (χ1n) is 4.30. The Kier molecular flexibility index (Phi) is 3.13. The number of thioether (sulfide) groups is 1. The standard InChI is InChI=1S/C10H8N2OS2/c1-7(13)15-10-12-9(6-14-10)8-2-4-11-5-3-8/h2-6H,1H3. The van der Waals surface area contributed by atoms with Crippen LogP contribution in [-0.2, 0) is 4.79 Å². The van der Waals surface area contributed by atoms with Gasteiger partial charge in [-0.1, -0.05) is 0 Å². The van der Waals surface area contributed by atoms with E-state index in [-0.39, 0.29) is 5.12 Å². The van der Waals surface area contributed by atoms with Gasteiger partial charge in [-0.3, -0.25) is 9.78 Å². The molecule has 2 aromatic heterocycles. The third-order valence-corrected chi connectivity index (χ3v) is 3.42. The molecule has 0 aliphatic rings. The van der Waals surface area contributed by atoms with Gasteiger partial charge in [-0.15, -0.1) is 11.3 Å². The van der Waals surface area contributed by atoms with Crippen molar-refractivity contribution in [1.82, 2.24) is 9.97 Å². The molecule has 2 heterocycles. The number of hydrogen-bond donors (Lipinski definition) is 0. The van der Waals surface area contributed by atoms with Crippen LogP contribution in [0.25, 0.3) is 11.3 Å². The molecule has 0 saturated heterocycles. The first kappa shape index (κ1) is 10.3. The van der Waals surface area contributed by atoms with Crippen molar-refractivity contribution >= 4 is 28.2 Å². The fourth-order valence-corrected chi connectivity index (χ4v) is 2.71. The summed E-state index contributed by atoms with van der Waals surface area (Å²) in [4.78, 5) is 19.2. The smallest absolute Gasteiger partial charge is 0.192 e. The van der Waals surface area contributed by atoms with Crippen LogP contribution in [0.1, 0.15) is 6.92 Å². The molecule has 76 valence electrons. The number of aromatic nitrogens is 2. The Labute approximate surface area is 95.6 Å². The van der Waals surface area contributed by atoms with Crippen molar-refractivity contribution in [2.75, 3.05) is 0 Å². The van der Waals surface area contributed by atoms with Crippen LogP contribution >= 0.6 is 23.1 Å². The van der Waals surface area contributed by atoms with E-state index < -0.39 is 0 Å². The monoisotopic (exact) mass is 236 g/mol. The minimum atomic E-state index is 0.0608. The highest BCUT2D eigenvalue weighted by Crippen LogP contribution is 2.27. The highest BCUT2D eigenvalue weighted by atomic mass is 32.2. The van der Waals surface area contributed by atoms with Crippen LogP contribution in [0.15, 0.2) is 34.2 Å². The van der Waals surface area contributed by atoms with Crippen molar-refractivity contribution in [2.45, 2.75) is 11.3 Å². The van der Waals surface area contributed by atoms with Crippen molar-refractivity contribution in [3.8, 4) is 11.3 Å². The number of carbonyl (C=O) groups is 1. The summed E-state index contributed by atoms with van der Waals surface area (Å²) in [5, 5.41) is 2.01. The van der Waals surface area contributed by atoms with Crippen molar-refractivity contribution in [1.29, 1.82) is 0 Å². The van der Waals surface area contributed by atoms with Crippen molar-refractivity contribution < 1.29 is 4.79 Å². The Balaban J connectivity index is 2.24. The number of hydrogen-bond acceptors (Lipinski definition) is 5. The first-order chi connectivity index (χ1) is 7.25. The highest BCUT2D eigenvalue weighted by molar-refractivity contribution is 8.14. The maximum Gasteiger partial charge on any atom is 0.192 e. The van der Waals surface area contributed by atoms with E-state index in [1.807, 2.05) is 17.5 Å². The Bertz CT molecular complexity index is 467. The molecule has 2 rings (SSSR count). The molecule has 15 heavy (non-hydrogen) atoms. The lowest BCUT2D eigenvalue weighted by Gasteiger charge is -1.93. The normalized spacial score (nSPS) is 10.2. The molecule has 0 aromatic carbocycles. The molecule has 0 aliphatic carbocycles. The van der Waals surface area contributed by atoms with Crippen LogP contribution in [0, 0.1) is 0 Å². The fourth-order valence-electron chi connectivity index (χ4n) is 1.08. The van der Waals surface area contributed by atoms with Gasteiger partial charge in [0.2, 0.25) is 0 Å². The second kappa shape index (κ2) is 4.55. The molecule has 0 saturated carbocycles. The number of pyridine rings is 1. The van der Waals surface area contributed by atoms with Crippen molar-refractivity contribution in [3.05, 3.63) is 29.9 Å². The van der Waals surface area contributed by atoms with Gasteiger partial charge in [0, 0.05) is 30.3 Å². The minimum absolute atomic E-state index is 0.0608. The predicted molar refractivity (Wildman–Crippen MR) is 61.9 cm³/mol. The number of thiazole rings is 1. The topological polar surface area (TPSA) is 42.9 Å². The third kappa shape index (κ3) is 2.64. The Morgan fingerprint density at radius 3 is 2.80 bits per heavy atom. The van der Waals surface area contributed by atoms with Gasteiger partial charge in [-0.25, -0.2) is 4.98 Å². The summed E-state index contributed by atoms with van der Waals surface area (Å²) in [6.07, 6.45) is 3.46. The Hall–Kier alpha value is -1.20. The average Bonchev–Trinajstić information content (AvgIpc) is 2.67. The summed E-state index contributed by atoms with van der Waals surface area (Å²) in [7, 11) is 0. The molecular formula is C10H8N2OS2. The molecule has 0 radical (unpaired) electrons. The van der Waals surface area contributed by atoms with E-state index in [1.54, 1.807) is 12.4 Å². The van der Waals surface area contributed by atoms with E-state index in [4.69, 9.17) is 0 Å². The third-order valence-electron chi connectivity index (χ3n) is 1.69. The largest absolute Gasteiger partial charge is 0.287 e. The molecule has 0 unspecified atom stereocenters. The summed E-state index contributed by atoms with van der Waals surface area (Å²) >= 11 is 2.65. The summed E-state index contributed by atoms with van der Waals surface area (Å²) in [6, 6.07) is 3.80. The molecule has 0 atom stereocenters. The summed E-state index contributed by atoms with van der Waals surface area (Å²) in [5.74, 6) is 0. The average molecular weight is 236 g/mol. The lowest BCUT2D eigenvalue weighted by molar-refractivity contribution is -0.109. The zero-order chi connectivity index (χ0) is 10.7. The lowest BCUT2D eigenvalue weighted by atomic mass is 10.2. The maximum atomic E-state index is 10.9. The van der Waals surface area contributed by atoms with Gasteiger partial charge < -0.3 is 0 Å². The van der Waals surface area contributed by atoms with Gasteiger partial charge >= 0.3 is 0 Å². The Morgan fingerprint density at radius 2 is 2.13 bits per heavy atom. The molecule has 2 aromatic rings. The zero-order valence-electron chi connectivity index (χ0n) is 8.01. The van der Waals surface area contributed by atoms with Crippen LogP contribution in [0.5, 0.6) is 0 Å². The number of carbonyl (C=O) groups excluding carboxylic acids is 1. The molecular weight excluding hydrogens is 228 g/mol. The van der Waals surface area contributed by atoms with Crippen LogP contribution < -0.4 is 0 Å². The second-order valence-electron chi connectivity index (χ2n) is 2.83. The molecule has 0 fully saturated rings. The van der Waals surface area contributed by atoms with Crippen LogP contribution in [0.2, 0.25) is 0 Å². The SMILES string of the molecule is CC(=O)Sc1nc(-c2ccncc2)cs1.